The first kappa shape index (κ1) is 11.3. The molecule has 1 aromatic rings. The minimum atomic E-state index is 0.608. The molecule has 2 heteroatoms. The van der Waals surface area contributed by atoms with Gasteiger partial charge in [-0.1, -0.05) is 26.2 Å². The van der Waals surface area contributed by atoms with Crippen molar-refractivity contribution in [3.63, 3.8) is 0 Å². The van der Waals surface area contributed by atoms with Crippen molar-refractivity contribution in [3.8, 4) is 0 Å². The molecule has 0 aromatic carbocycles. The van der Waals surface area contributed by atoms with Gasteiger partial charge in [-0.15, -0.1) is 0 Å². The Hall–Kier alpha value is -0.760. The van der Waals surface area contributed by atoms with Crippen molar-refractivity contribution in [2.24, 2.45) is 0 Å². The van der Waals surface area contributed by atoms with Crippen LogP contribution in [0.25, 0.3) is 0 Å². The fourth-order valence-electron chi connectivity index (χ4n) is 1.49. The highest BCUT2D eigenvalue weighted by Crippen LogP contribution is 2.04. The number of furan rings is 1. The molecule has 0 amide bonds. The van der Waals surface area contributed by atoms with Crippen LogP contribution in [0.15, 0.2) is 23.0 Å². The molecule has 0 bridgehead atoms. The summed E-state index contributed by atoms with van der Waals surface area (Å²) in [5, 5.41) is 3.48. The largest absolute Gasteiger partial charge is 0.472 e. The van der Waals surface area contributed by atoms with Crippen LogP contribution >= 0.6 is 0 Å². The third-order valence-corrected chi connectivity index (χ3v) is 2.48. The van der Waals surface area contributed by atoms with E-state index in [4.69, 9.17) is 4.42 Å². The molecule has 1 atom stereocenters. The number of rotatable bonds is 7. The van der Waals surface area contributed by atoms with E-state index < -0.39 is 0 Å². The van der Waals surface area contributed by atoms with Gasteiger partial charge in [-0.05, 0) is 19.4 Å². The molecule has 1 unspecified atom stereocenters. The van der Waals surface area contributed by atoms with Crippen LogP contribution in [0.2, 0.25) is 0 Å². The van der Waals surface area contributed by atoms with Gasteiger partial charge in [0.25, 0.3) is 0 Å². The SMILES string of the molecule is CCCCCC(C)NCc1ccoc1. The van der Waals surface area contributed by atoms with E-state index >= 15 is 0 Å². The highest BCUT2D eigenvalue weighted by atomic mass is 16.3. The summed E-state index contributed by atoms with van der Waals surface area (Å²) in [6.07, 6.45) is 8.76. The Bertz CT molecular complexity index is 218. The quantitative estimate of drug-likeness (QED) is 0.675. The Labute approximate surface area is 86.7 Å². The van der Waals surface area contributed by atoms with E-state index in [0.717, 1.165) is 6.54 Å². The summed E-state index contributed by atoms with van der Waals surface area (Å²) in [5.74, 6) is 0. The number of hydrogen-bond acceptors (Lipinski definition) is 2. The zero-order valence-corrected chi connectivity index (χ0v) is 9.25. The zero-order chi connectivity index (χ0) is 10.2. The zero-order valence-electron chi connectivity index (χ0n) is 9.25. The molecule has 0 aliphatic rings. The lowest BCUT2D eigenvalue weighted by molar-refractivity contribution is 0.484. The minimum Gasteiger partial charge on any atom is -0.472 e. The predicted octanol–water partition coefficient (Wildman–Crippen LogP) is 3.34. The molecule has 14 heavy (non-hydrogen) atoms. The molecule has 1 heterocycles. The van der Waals surface area contributed by atoms with Crippen molar-refractivity contribution in [3.05, 3.63) is 24.2 Å². The molecule has 0 fully saturated rings. The lowest BCUT2D eigenvalue weighted by Gasteiger charge is -2.12. The maximum absolute atomic E-state index is 5.01. The summed E-state index contributed by atoms with van der Waals surface area (Å²) in [5.41, 5.74) is 1.23. The van der Waals surface area contributed by atoms with Gasteiger partial charge in [-0.2, -0.15) is 0 Å². The summed E-state index contributed by atoms with van der Waals surface area (Å²) in [6.45, 7) is 5.41. The van der Waals surface area contributed by atoms with Gasteiger partial charge in [0, 0.05) is 18.2 Å². The molecule has 0 saturated heterocycles. The summed E-state index contributed by atoms with van der Waals surface area (Å²) < 4.78 is 5.01. The standard InChI is InChI=1S/C12H21NO/c1-3-4-5-6-11(2)13-9-12-7-8-14-10-12/h7-8,10-11,13H,3-6,9H2,1-2H3. The lowest BCUT2D eigenvalue weighted by Crippen LogP contribution is -2.25. The van der Waals surface area contributed by atoms with E-state index in [1.165, 1.54) is 31.2 Å². The molecule has 1 rings (SSSR count). The van der Waals surface area contributed by atoms with Gasteiger partial charge in [0.2, 0.25) is 0 Å². The van der Waals surface area contributed by atoms with E-state index in [-0.39, 0.29) is 0 Å². The molecule has 0 aliphatic heterocycles. The summed E-state index contributed by atoms with van der Waals surface area (Å²) in [4.78, 5) is 0. The van der Waals surface area contributed by atoms with Gasteiger partial charge >= 0.3 is 0 Å². The topological polar surface area (TPSA) is 25.2 Å². The van der Waals surface area contributed by atoms with Crippen LogP contribution < -0.4 is 5.32 Å². The second kappa shape index (κ2) is 6.66. The molecular formula is C12H21NO. The monoisotopic (exact) mass is 195 g/mol. The van der Waals surface area contributed by atoms with Crippen LogP contribution in [0.3, 0.4) is 0 Å². The first-order chi connectivity index (χ1) is 6.83. The molecule has 80 valence electrons. The molecule has 0 radical (unpaired) electrons. The number of hydrogen-bond donors (Lipinski definition) is 1. The van der Waals surface area contributed by atoms with Gasteiger partial charge < -0.3 is 9.73 Å². The van der Waals surface area contributed by atoms with E-state index in [0.29, 0.717) is 6.04 Å². The average molecular weight is 195 g/mol. The Balaban J connectivity index is 2.06. The van der Waals surface area contributed by atoms with E-state index in [1.807, 2.05) is 6.07 Å². The lowest BCUT2D eigenvalue weighted by atomic mass is 10.1. The van der Waals surface area contributed by atoms with Crippen molar-refractivity contribution in [1.29, 1.82) is 0 Å². The third-order valence-electron chi connectivity index (χ3n) is 2.48. The van der Waals surface area contributed by atoms with Gasteiger partial charge in [-0.25, -0.2) is 0 Å². The maximum atomic E-state index is 5.01. The van der Waals surface area contributed by atoms with Crippen molar-refractivity contribution < 1.29 is 4.42 Å². The van der Waals surface area contributed by atoms with Crippen LogP contribution in [-0.2, 0) is 6.54 Å². The molecular weight excluding hydrogens is 174 g/mol. The van der Waals surface area contributed by atoms with Gasteiger partial charge in [-0.3, -0.25) is 0 Å². The fraction of sp³-hybridized carbons (Fsp3) is 0.667. The van der Waals surface area contributed by atoms with E-state index in [1.54, 1.807) is 12.5 Å². The second-order valence-corrected chi connectivity index (χ2v) is 3.91. The van der Waals surface area contributed by atoms with Gasteiger partial charge in [0.1, 0.15) is 0 Å². The van der Waals surface area contributed by atoms with Crippen LogP contribution in [0.1, 0.15) is 45.1 Å². The average Bonchev–Trinajstić information content (AvgIpc) is 2.68. The second-order valence-electron chi connectivity index (χ2n) is 3.91. The number of nitrogens with one attached hydrogen (secondary N) is 1. The molecule has 0 spiro atoms. The Morgan fingerprint density at radius 1 is 1.43 bits per heavy atom. The molecule has 2 nitrogen and oxygen atoms in total. The smallest absolute Gasteiger partial charge is 0.0947 e. The molecule has 1 aromatic heterocycles. The van der Waals surface area contributed by atoms with Crippen LogP contribution in [0.5, 0.6) is 0 Å². The van der Waals surface area contributed by atoms with Crippen molar-refractivity contribution in [2.75, 3.05) is 0 Å². The highest BCUT2D eigenvalue weighted by Gasteiger charge is 2.01. The first-order valence-electron chi connectivity index (χ1n) is 5.57. The summed E-state index contributed by atoms with van der Waals surface area (Å²) in [7, 11) is 0. The van der Waals surface area contributed by atoms with Gasteiger partial charge in [0.15, 0.2) is 0 Å². The summed E-state index contributed by atoms with van der Waals surface area (Å²) >= 11 is 0. The molecule has 0 saturated carbocycles. The Kier molecular flexibility index (Phi) is 5.38. The maximum Gasteiger partial charge on any atom is 0.0947 e. The Morgan fingerprint density at radius 2 is 2.29 bits per heavy atom. The third kappa shape index (κ3) is 4.47. The van der Waals surface area contributed by atoms with Crippen LogP contribution in [0, 0.1) is 0 Å². The van der Waals surface area contributed by atoms with Crippen molar-refractivity contribution in [1.82, 2.24) is 5.32 Å². The molecule has 0 aliphatic carbocycles. The van der Waals surface area contributed by atoms with Crippen LogP contribution in [-0.4, -0.2) is 6.04 Å². The van der Waals surface area contributed by atoms with Crippen LogP contribution in [0.4, 0.5) is 0 Å². The minimum absolute atomic E-state index is 0.608. The fourth-order valence-corrected chi connectivity index (χ4v) is 1.49. The van der Waals surface area contributed by atoms with Crippen molar-refractivity contribution >= 4 is 0 Å². The molecule has 1 N–H and O–H groups in total. The number of unbranched alkanes of at least 4 members (excludes halogenated alkanes) is 2. The van der Waals surface area contributed by atoms with Gasteiger partial charge in [0.05, 0.1) is 12.5 Å². The summed E-state index contributed by atoms with van der Waals surface area (Å²) in [6, 6.07) is 2.61. The van der Waals surface area contributed by atoms with E-state index in [9.17, 15) is 0 Å². The highest BCUT2D eigenvalue weighted by molar-refractivity contribution is 5.04. The normalized spacial score (nSPS) is 13.0. The van der Waals surface area contributed by atoms with Crippen molar-refractivity contribution in [2.45, 2.75) is 52.1 Å². The predicted molar refractivity (Wildman–Crippen MR) is 59.2 cm³/mol. The Morgan fingerprint density at radius 3 is 2.93 bits per heavy atom. The first-order valence-corrected chi connectivity index (χ1v) is 5.57. The van der Waals surface area contributed by atoms with E-state index in [2.05, 4.69) is 19.2 Å².